The van der Waals surface area contributed by atoms with E-state index < -0.39 is 17.4 Å². The quantitative estimate of drug-likeness (QED) is 0.755. The number of fused-ring (bicyclic) bond motifs is 1. The average molecular weight is 374 g/mol. The molecule has 1 aromatic rings. The van der Waals surface area contributed by atoms with Crippen molar-refractivity contribution < 1.29 is 24.0 Å². The first kappa shape index (κ1) is 19.4. The molecule has 7 heteroatoms. The predicted octanol–water partition coefficient (Wildman–Crippen LogP) is 3.39. The van der Waals surface area contributed by atoms with Crippen molar-refractivity contribution in [1.29, 1.82) is 0 Å². The molecule has 146 valence electrons. The maximum Gasteiger partial charge on any atom is 0.410 e. The zero-order valence-corrected chi connectivity index (χ0v) is 16.1. The molecule has 2 aliphatic heterocycles. The lowest BCUT2D eigenvalue weighted by atomic mass is 10.0. The van der Waals surface area contributed by atoms with E-state index in [1.807, 2.05) is 20.8 Å². The fourth-order valence-corrected chi connectivity index (χ4v) is 3.43. The van der Waals surface area contributed by atoms with Gasteiger partial charge < -0.3 is 9.64 Å². The Morgan fingerprint density at radius 2 is 1.74 bits per heavy atom. The second-order valence-electron chi connectivity index (χ2n) is 7.90. The minimum atomic E-state index is -0.546. The fourth-order valence-electron chi connectivity index (χ4n) is 3.43. The highest BCUT2D eigenvalue weighted by molar-refractivity contribution is 6.20. The Morgan fingerprint density at radius 3 is 2.33 bits per heavy atom. The Kier molecular flexibility index (Phi) is 5.51. The summed E-state index contributed by atoms with van der Waals surface area (Å²) in [5, 5.41) is 0.825. The molecule has 27 heavy (non-hydrogen) atoms. The average Bonchev–Trinajstić information content (AvgIpc) is 2.86. The smallest absolute Gasteiger partial charge is 0.410 e. The van der Waals surface area contributed by atoms with E-state index in [1.54, 1.807) is 29.2 Å². The minimum Gasteiger partial charge on any atom is -0.444 e. The SMILES string of the molecule is CC(C)(C)OC(=O)N1CCCCC1CCON1C(=O)c2ccccc2C1=O. The van der Waals surface area contributed by atoms with Crippen LogP contribution in [0.5, 0.6) is 0 Å². The van der Waals surface area contributed by atoms with Crippen LogP contribution in [0.1, 0.15) is 67.2 Å². The van der Waals surface area contributed by atoms with Crippen LogP contribution in [0.15, 0.2) is 24.3 Å². The van der Waals surface area contributed by atoms with E-state index in [0.29, 0.717) is 24.1 Å². The molecular weight excluding hydrogens is 348 g/mol. The van der Waals surface area contributed by atoms with Gasteiger partial charge >= 0.3 is 6.09 Å². The highest BCUT2D eigenvalue weighted by atomic mass is 16.7. The molecule has 0 saturated carbocycles. The maximum atomic E-state index is 12.4. The lowest BCUT2D eigenvalue weighted by molar-refractivity contribution is -0.0970. The minimum absolute atomic E-state index is 0.0243. The van der Waals surface area contributed by atoms with Gasteiger partial charge in [-0.25, -0.2) is 4.79 Å². The van der Waals surface area contributed by atoms with Crippen LogP contribution in [0.3, 0.4) is 0 Å². The normalized spacial score (nSPS) is 20.0. The van der Waals surface area contributed by atoms with Crippen molar-refractivity contribution in [3.63, 3.8) is 0 Å². The Hall–Kier alpha value is -2.41. The standard InChI is InChI=1S/C20H26N2O5/c1-20(2,3)27-19(25)21-12-7-6-8-14(21)11-13-26-22-17(23)15-9-4-5-10-16(15)18(22)24/h4-5,9-10,14H,6-8,11-13H2,1-3H3. The van der Waals surface area contributed by atoms with Crippen LogP contribution in [-0.2, 0) is 9.57 Å². The van der Waals surface area contributed by atoms with Crippen molar-refractivity contribution in [3.05, 3.63) is 35.4 Å². The highest BCUT2D eigenvalue weighted by Crippen LogP contribution is 2.25. The van der Waals surface area contributed by atoms with E-state index in [9.17, 15) is 14.4 Å². The summed E-state index contributed by atoms with van der Waals surface area (Å²) >= 11 is 0. The van der Waals surface area contributed by atoms with Gasteiger partial charge in [0.15, 0.2) is 0 Å². The summed E-state index contributed by atoms with van der Waals surface area (Å²) in [4.78, 5) is 44.3. The molecule has 7 nitrogen and oxygen atoms in total. The fraction of sp³-hybridized carbons (Fsp3) is 0.550. The Balaban J connectivity index is 1.57. The molecule has 0 aliphatic carbocycles. The second kappa shape index (κ2) is 7.68. The van der Waals surface area contributed by atoms with E-state index in [1.165, 1.54) is 0 Å². The number of amides is 3. The number of carbonyl (C=O) groups is 3. The molecule has 1 fully saturated rings. The zero-order chi connectivity index (χ0) is 19.6. The van der Waals surface area contributed by atoms with Gasteiger partial charge in [-0.05, 0) is 58.6 Å². The van der Waals surface area contributed by atoms with Crippen LogP contribution in [-0.4, -0.2) is 52.7 Å². The van der Waals surface area contributed by atoms with Gasteiger partial charge in [0, 0.05) is 12.6 Å². The number of piperidine rings is 1. The Morgan fingerprint density at radius 1 is 1.11 bits per heavy atom. The number of benzene rings is 1. The number of rotatable bonds is 4. The molecule has 3 rings (SSSR count). The van der Waals surface area contributed by atoms with Gasteiger partial charge in [-0.2, -0.15) is 0 Å². The summed E-state index contributed by atoms with van der Waals surface area (Å²) in [5.74, 6) is -0.883. The van der Waals surface area contributed by atoms with Gasteiger partial charge in [0.25, 0.3) is 11.8 Å². The number of carbonyl (C=O) groups excluding carboxylic acids is 3. The first-order valence-corrected chi connectivity index (χ1v) is 9.38. The van der Waals surface area contributed by atoms with E-state index in [-0.39, 0.29) is 18.7 Å². The summed E-state index contributed by atoms with van der Waals surface area (Å²) in [6.07, 6.45) is 3.02. The third-order valence-electron chi connectivity index (χ3n) is 4.68. The molecule has 1 aromatic carbocycles. The number of imide groups is 1. The monoisotopic (exact) mass is 374 g/mol. The van der Waals surface area contributed by atoms with E-state index >= 15 is 0 Å². The summed E-state index contributed by atoms with van der Waals surface area (Å²) < 4.78 is 5.49. The van der Waals surface area contributed by atoms with Crippen molar-refractivity contribution in [3.8, 4) is 0 Å². The number of likely N-dealkylation sites (tertiary alicyclic amines) is 1. The topological polar surface area (TPSA) is 76.2 Å². The summed E-state index contributed by atoms with van der Waals surface area (Å²) in [6.45, 7) is 6.35. The third kappa shape index (κ3) is 4.30. The lowest BCUT2D eigenvalue weighted by Crippen LogP contribution is -2.46. The molecule has 0 radical (unpaired) electrons. The van der Waals surface area contributed by atoms with Crippen molar-refractivity contribution in [2.75, 3.05) is 13.2 Å². The van der Waals surface area contributed by atoms with Crippen molar-refractivity contribution >= 4 is 17.9 Å². The highest BCUT2D eigenvalue weighted by Gasteiger charge is 2.37. The summed E-state index contributed by atoms with van der Waals surface area (Å²) in [5.41, 5.74) is 0.168. The molecule has 2 heterocycles. The van der Waals surface area contributed by atoms with Crippen LogP contribution >= 0.6 is 0 Å². The van der Waals surface area contributed by atoms with Crippen LogP contribution in [0.2, 0.25) is 0 Å². The maximum absolute atomic E-state index is 12.4. The lowest BCUT2D eigenvalue weighted by Gasteiger charge is -2.36. The molecule has 0 aromatic heterocycles. The zero-order valence-electron chi connectivity index (χ0n) is 16.1. The third-order valence-corrected chi connectivity index (χ3v) is 4.68. The summed E-state index contributed by atoms with van der Waals surface area (Å²) in [6, 6.07) is 6.64. The van der Waals surface area contributed by atoms with Crippen LogP contribution in [0.4, 0.5) is 4.79 Å². The largest absolute Gasteiger partial charge is 0.444 e. The van der Waals surface area contributed by atoms with Gasteiger partial charge in [-0.15, -0.1) is 5.06 Å². The number of nitrogens with zero attached hydrogens (tertiary/aromatic N) is 2. The van der Waals surface area contributed by atoms with E-state index in [4.69, 9.17) is 9.57 Å². The van der Waals surface area contributed by atoms with Gasteiger partial charge in [-0.1, -0.05) is 12.1 Å². The molecule has 0 N–H and O–H groups in total. The van der Waals surface area contributed by atoms with Crippen molar-refractivity contribution in [2.45, 2.75) is 58.1 Å². The predicted molar refractivity (Wildman–Crippen MR) is 98.1 cm³/mol. The van der Waals surface area contributed by atoms with Crippen LogP contribution in [0, 0.1) is 0 Å². The van der Waals surface area contributed by atoms with E-state index in [0.717, 1.165) is 24.3 Å². The molecule has 0 spiro atoms. The number of hydrogen-bond donors (Lipinski definition) is 0. The van der Waals surface area contributed by atoms with Crippen LogP contribution in [0.25, 0.3) is 0 Å². The van der Waals surface area contributed by atoms with Gasteiger partial charge in [0.2, 0.25) is 0 Å². The molecule has 3 amide bonds. The van der Waals surface area contributed by atoms with E-state index in [2.05, 4.69) is 0 Å². The van der Waals surface area contributed by atoms with Gasteiger partial charge in [0.1, 0.15) is 5.60 Å². The number of hydrogen-bond acceptors (Lipinski definition) is 5. The second-order valence-corrected chi connectivity index (χ2v) is 7.90. The molecule has 1 atom stereocenters. The number of ether oxygens (including phenoxy) is 1. The Bertz CT molecular complexity index is 705. The van der Waals surface area contributed by atoms with Crippen molar-refractivity contribution in [1.82, 2.24) is 9.96 Å². The Labute approximate surface area is 159 Å². The number of hydroxylamine groups is 2. The van der Waals surface area contributed by atoms with Crippen molar-refractivity contribution in [2.24, 2.45) is 0 Å². The first-order valence-electron chi connectivity index (χ1n) is 9.38. The summed E-state index contributed by atoms with van der Waals surface area (Å²) in [7, 11) is 0. The first-order chi connectivity index (χ1) is 12.8. The van der Waals surface area contributed by atoms with Gasteiger partial charge in [0.05, 0.1) is 17.7 Å². The molecule has 0 bridgehead atoms. The molecular formula is C20H26N2O5. The van der Waals surface area contributed by atoms with Gasteiger partial charge in [-0.3, -0.25) is 14.4 Å². The molecule has 2 aliphatic rings. The molecule has 1 saturated heterocycles. The molecule has 1 unspecified atom stereocenters. The van der Waals surface area contributed by atoms with Crippen LogP contribution < -0.4 is 0 Å².